The van der Waals surface area contributed by atoms with Gasteiger partial charge in [-0.15, -0.1) is 11.3 Å². The third kappa shape index (κ3) is 4.05. The second-order valence-electron chi connectivity index (χ2n) is 4.80. The molecule has 1 aromatic heterocycles. The van der Waals surface area contributed by atoms with Gasteiger partial charge in [-0.25, -0.2) is 4.98 Å². The molecule has 0 aliphatic rings. The minimum absolute atomic E-state index is 0.0155. The van der Waals surface area contributed by atoms with E-state index < -0.39 is 0 Å². The molecule has 2 aromatic rings. The standard InChI is InChI=1S/C15H17ClN2OS/c1-10(15-18-11(2)9-20-15)8-17-14(19)7-12-5-3-4-6-13(12)16/h3-6,9-10H,7-8H2,1-2H3,(H,17,19)/t10-/m0/s1. The van der Waals surface area contributed by atoms with E-state index in [-0.39, 0.29) is 11.8 Å². The molecule has 1 heterocycles. The number of hydrogen-bond acceptors (Lipinski definition) is 3. The highest BCUT2D eigenvalue weighted by molar-refractivity contribution is 7.09. The van der Waals surface area contributed by atoms with Crippen LogP contribution in [-0.2, 0) is 11.2 Å². The van der Waals surface area contributed by atoms with Gasteiger partial charge in [0.2, 0.25) is 5.91 Å². The van der Waals surface area contributed by atoms with Crippen LogP contribution in [0, 0.1) is 6.92 Å². The van der Waals surface area contributed by atoms with Gasteiger partial charge < -0.3 is 5.32 Å². The lowest BCUT2D eigenvalue weighted by atomic mass is 10.1. The number of nitrogens with one attached hydrogen (secondary N) is 1. The summed E-state index contributed by atoms with van der Waals surface area (Å²) in [6, 6.07) is 7.41. The van der Waals surface area contributed by atoms with Gasteiger partial charge in [0.15, 0.2) is 0 Å². The summed E-state index contributed by atoms with van der Waals surface area (Å²) in [5.41, 5.74) is 1.88. The second kappa shape index (κ2) is 6.86. The van der Waals surface area contributed by atoms with Gasteiger partial charge in [-0.3, -0.25) is 4.79 Å². The molecule has 1 aromatic carbocycles. The highest BCUT2D eigenvalue weighted by atomic mass is 35.5. The summed E-state index contributed by atoms with van der Waals surface area (Å²) in [5, 5.41) is 6.65. The van der Waals surface area contributed by atoms with Crippen molar-refractivity contribution in [3.8, 4) is 0 Å². The Kier molecular flexibility index (Phi) is 5.15. The fourth-order valence-electron chi connectivity index (χ4n) is 1.83. The number of aryl methyl sites for hydroxylation is 1. The van der Waals surface area contributed by atoms with Crippen molar-refractivity contribution in [2.75, 3.05) is 6.54 Å². The zero-order chi connectivity index (χ0) is 14.5. The molecule has 1 N–H and O–H groups in total. The van der Waals surface area contributed by atoms with Crippen molar-refractivity contribution in [3.63, 3.8) is 0 Å². The molecule has 3 nitrogen and oxygen atoms in total. The topological polar surface area (TPSA) is 42.0 Å². The first-order chi connectivity index (χ1) is 9.56. The lowest BCUT2D eigenvalue weighted by Crippen LogP contribution is -2.28. The summed E-state index contributed by atoms with van der Waals surface area (Å²) in [6.45, 7) is 4.63. The van der Waals surface area contributed by atoms with E-state index in [0.29, 0.717) is 18.0 Å². The molecule has 0 fully saturated rings. The van der Waals surface area contributed by atoms with Crippen molar-refractivity contribution < 1.29 is 4.79 Å². The summed E-state index contributed by atoms with van der Waals surface area (Å²) < 4.78 is 0. The largest absolute Gasteiger partial charge is 0.355 e. The predicted molar refractivity (Wildman–Crippen MR) is 83.4 cm³/mol. The molecule has 2 rings (SSSR count). The molecule has 0 aliphatic heterocycles. The second-order valence-corrected chi connectivity index (χ2v) is 6.10. The van der Waals surface area contributed by atoms with E-state index in [2.05, 4.69) is 17.2 Å². The number of carbonyl (C=O) groups is 1. The Hall–Kier alpha value is -1.39. The zero-order valence-electron chi connectivity index (χ0n) is 11.5. The molecule has 0 bridgehead atoms. The van der Waals surface area contributed by atoms with Crippen LogP contribution in [0.25, 0.3) is 0 Å². The Morgan fingerprint density at radius 2 is 2.20 bits per heavy atom. The van der Waals surface area contributed by atoms with Crippen LogP contribution in [0.5, 0.6) is 0 Å². The molecular weight excluding hydrogens is 292 g/mol. The highest BCUT2D eigenvalue weighted by Gasteiger charge is 2.12. The average Bonchev–Trinajstić information content (AvgIpc) is 2.85. The Morgan fingerprint density at radius 1 is 1.45 bits per heavy atom. The van der Waals surface area contributed by atoms with Gasteiger partial charge in [-0.2, -0.15) is 0 Å². The summed E-state index contributed by atoms with van der Waals surface area (Å²) in [6.07, 6.45) is 0.309. The lowest BCUT2D eigenvalue weighted by Gasteiger charge is -2.10. The van der Waals surface area contributed by atoms with Gasteiger partial charge >= 0.3 is 0 Å². The van der Waals surface area contributed by atoms with Gasteiger partial charge in [-0.05, 0) is 18.6 Å². The van der Waals surface area contributed by atoms with Crippen LogP contribution in [0.1, 0.15) is 29.1 Å². The molecule has 5 heteroatoms. The van der Waals surface area contributed by atoms with Crippen LogP contribution in [0.15, 0.2) is 29.6 Å². The van der Waals surface area contributed by atoms with E-state index in [0.717, 1.165) is 16.3 Å². The number of hydrogen-bond donors (Lipinski definition) is 1. The van der Waals surface area contributed by atoms with Crippen LogP contribution >= 0.6 is 22.9 Å². The van der Waals surface area contributed by atoms with Crippen molar-refractivity contribution in [2.24, 2.45) is 0 Å². The van der Waals surface area contributed by atoms with E-state index in [9.17, 15) is 4.79 Å². The minimum Gasteiger partial charge on any atom is -0.355 e. The highest BCUT2D eigenvalue weighted by Crippen LogP contribution is 2.19. The van der Waals surface area contributed by atoms with Gasteiger partial charge in [0.05, 0.1) is 11.4 Å². The van der Waals surface area contributed by atoms with Crippen LogP contribution in [0.2, 0.25) is 5.02 Å². The quantitative estimate of drug-likeness (QED) is 0.917. The fourth-order valence-corrected chi connectivity index (χ4v) is 2.89. The molecule has 0 saturated heterocycles. The predicted octanol–water partition coefficient (Wildman–Crippen LogP) is 3.57. The molecule has 1 atom stereocenters. The number of thiazole rings is 1. The van der Waals surface area contributed by atoms with E-state index >= 15 is 0 Å². The van der Waals surface area contributed by atoms with Crippen LogP contribution in [0.4, 0.5) is 0 Å². The zero-order valence-corrected chi connectivity index (χ0v) is 13.1. The number of aromatic nitrogens is 1. The number of nitrogens with zero attached hydrogens (tertiary/aromatic N) is 1. The van der Waals surface area contributed by atoms with Gasteiger partial charge in [0.25, 0.3) is 0 Å². The van der Waals surface area contributed by atoms with E-state index in [1.54, 1.807) is 17.4 Å². The third-order valence-electron chi connectivity index (χ3n) is 2.97. The first-order valence-electron chi connectivity index (χ1n) is 6.48. The maximum absolute atomic E-state index is 11.9. The number of halogens is 1. The summed E-state index contributed by atoms with van der Waals surface area (Å²) in [5.74, 6) is 0.210. The van der Waals surface area contributed by atoms with Crippen LogP contribution in [0.3, 0.4) is 0 Å². The maximum Gasteiger partial charge on any atom is 0.224 e. The average molecular weight is 309 g/mol. The smallest absolute Gasteiger partial charge is 0.224 e. The normalized spacial score (nSPS) is 12.2. The molecular formula is C15H17ClN2OS. The van der Waals surface area contributed by atoms with Crippen molar-refractivity contribution >= 4 is 28.8 Å². The van der Waals surface area contributed by atoms with E-state index in [4.69, 9.17) is 11.6 Å². The molecule has 20 heavy (non-hydrogen) atoms. The molecule has 0 spiro atoms. The number of benzene rings is 1. The molecule has 106 valence electrons. The van der Waals surface area contributed by atoms with E-state index in [1.807, 2.05) is 30.5 Å². The van der Waals surface area contributed by atoms with Gasteiger partial charge in [0.1, 0.15) is 0 Å². The Balaban J connectivity index is 1.85. The first kappa shape index (κ1) is 15.0. The fraction of sp³-hybridized carbons (Fsp3) is 0.333. The van der Waals surface area contributed by atoms with Crippen molar-refractivity contribution in [3.05, 3.63) is 50.9 Å². The molecule has 0 unspecified atom stereocenters. The van der Waals surface area contributed by atoms with Crippen LogP contribution < -0.4 is 5.32 Å². The Morgan fingerprint density at radius 3 is 2.85 bits per heavy atom. The Bertz CT molecular complexity index is 597. The molecule has 0 aliphatic carbocycles. The monoisotopic (exact) mass is 308 g/mol. The first-order valence-corrected chi connectivity index (χ1v) is 7.74. The molecule has 0 saturated carbocycles. The molecule has 0 radical (unpaired) electrons. The van der Waals surface area contributed by atoms with Crippen molar-refractivity contribution in [1.82, 2.24) is 10.3 Å². The van der Waals surface area contributed by atoms with E-state index in [1.165, 1.54) is 0 Å². The number of rotatable bonds is 5. The third-order valence-corrected chi connectivity index (χ3v) is 4.54. The summed E-state index contributed by atoms with van der Waals surface area (Å²) >= 11 is 7.67. The Labute approximate surface area is 128 Å². The van der Waals surface area contributed by atoms with Gasteiger partial charge in [0, 0.05) is 28.6 Å². The summed E-state index contributed by atoms with van der Waals surface area (Å²) in [7, 11) is 0. The summed E-state index contributed by atoms with van der Waals surface area (Å²) in [4.78, 5) is 16.4. The SMILES string of the molecule is Cc1csc([C@@H](C)CNC(=O)Cc2ccccc2Cl)n1. The molecule has 1 amide bonds. The number of carbonyl (C=O) groups excluding carboxylic acids is 1. The maximum atomic E-state index is 11.9. The minimum atomic E-state index is -0.0155. The van der Waals surface area contributed by atoms with Gasteiger partial charge in [-0.1, -0.05) is 36.7 Å². The van der Waals surface area contributed by atoms with Crippen LogP contribution in [-0.4, -0.2) is 17.4 Å². The van der Waals surface area contributed by atoms with Crippen molar-refractivity contribution in [1.29, 1.82) is 0 Å². The number of amides is 1. The van der Waals surface area contributed by atoms with Crippen molar-refractivity contribution in [2.45, 2.75) is 26.2 Å². The lowest BCUT2D eigenvalue weighted by molar-refractivity contribution is -0.120.